The molecular weight excluding hydrogens is 455 g/mol. The maximum absolute atomic E-state index is 5.88. The Morgan fingerprint density at radius 2 is 1.96 bits per heavy atom. The highest BCUT2D eigenvalue weighted by atomic mass is 127. The molecule has 0 radical (unpaired) electrons. The Hall–Kier alpha value is -1.84. The van der Waals surface area contributed by atoms with Crippen molar-refractivity contribution in [2.24, 2.45) is 12.0 Å². The van der Waals surface area contributed by atoms with E-state index in [1.54, 1.807) is 0 Å². The first-order valence-electron chi connectivity index (χ1n) is 9.14. The van der Waals surface area contributed by atoms with Crippen molar-refractivity contribution in [2.45, 2.75) is 47.2 Å². The Kier molecular flexibility index (Phi) is 10.1. The van der Waals surface area contributed by atoms with Crippen LogP contribution in [0.4, 0.5) is 0 Å². The van der Waals surface area contributed by atoms with Crippen molar-refractivity contribution in [3.05, 3.63) is 41.0 Å². The number of guanidine groups is 1. The Labute approximate surface area is 179 Å². The van der Waals surface area contributed by atoms with Gasteiger partial charge in [-0.05, 0) is 38.8 Å². The Morgan fingerprint density at radius 1 is 1.19 bits per heavy atom. The molecule has 0 atom stereocenters. The van der Waals surface area contributed by atoms with Gasteiger partial charge in [-0.2, -0.15) is 0 Å². The van der Waals surface area contributed by atoms with Gasteiger partial charge in [0.1, 0.15) is 11.6 Å². The third kappa shape index (κ3) is 7.00. The zero-order valence-corrected chi connectivity index (χ0v) is 19.2. The number of hydrogen-bond donors (Lipinski definition) is 2. The van der Waals surface area contributed by atoms with E-state index >= 15 is 0 Å². The van der Waals surface area contributed by atoms with E-state index < -0.39 is 0 Å². The van der Waals surface area contributed by atoms with Crippen LogP contribution in [0, 0.1) is 13.8 Å². The number of ether oxygens (including phenoxy) is 1. The summed E-state index contributed by atoms with van der Waals surface area (Å²) in [6.07, 6.45) is 0.984. The highest BCUT2D eigenvalue weighted by Gasteiger charge is 2.07. The monoisotopic (exact) mass is 486 g/mol. The molecule has 0 amide bonds. The van der Waals surface area contributed by atoms with Gasteiger partial charge in [0.2, 0.25) is 0 Å². The van der Waals surface area contributed by atoms with Crippen LogP contribution in [0.3, 0.4) is 0 Å². The molecule has 0 aliphatic rings. The molecule has 0 saturated carbocycles. The molecular formula is C19H31IN6O. The third-order valence-corrected chi connectivity index (χ3v) is 4.03. The Morgan fingerprint density at radius 3 is 2.59 bits per heavy atom. The molecule has 7 nitrogen and oxygen atoms in total. The highest BCUT2D eigenvalue weighted by Crippen LogP contribution is 2.21. The lowest BCUT2D eigenvalue weighted by molar-refractivity contribution is 0.314. The fourth-order valence-electron chi connectivity index (χ4n) is 2.41. The first kappa shape index (κ1) is 23.2. The van der Waals surface area contributed by atoms with E-state index in [2.05, 4.69) is 52.9 Å². The first-order valence-corrected chi connectivity index (χ1v) is 9.14. The summed E-state index contributed by atoms with van der Waals surface area (Å²) in [4.78, 5) is 4.69. The van der Waals surface area contributed by atoms with Crippen LogP contribution in [0.1, 0.15) is 43.0 Å². The molecule has 0 unspecified atom stereocenters. The van der Waals surface area contributed by atoms with Gasteiger partial charge in [-0.1, -0.05) is 19.1 Å². The molecule has 1 aromatic carbocycles. The van der Waals surface area contributed by atoms with Crippen LogP contribution in [0.2, 0.25) is 0 Å². The molecule has 1 aromatic heterocycles. The van der Waals surface area contributed by atoms with Crippen LogP contribution in [-0.4, -0.2) is 33.9 Å². The van der Waals surface area contributed by atoms with Gasteiger partial charge in [0.25, 0.3) is 0 Å². The van der Waals surface area contributed by atoms with Crippen LogP contribution in [0.5, 0.6) is 5.75 Å². The lowest BCUT2D eigenvalue weighted by atomic mass is 10.1. The Balaban J connectivity index is 0.00000364. The fraction of sp³-hybridized carbons (Fsp3) is 0.526. The summed E-state index contributed by atoms with van der Waals surface area (Å²) < 4.78 is 7.84. The standard InChI is InChI=1S/C19H30N6O.HI/c1-6-10-26-17-11-14(3)8-9-16(17)12-21-19(20-7-2)22-13-18-24-23-15(4)25(18)5;/h8-9,11H,6-7,10,12-13H2,1-5H3,(H2,20,21,22);1H. The molecule has 150 valence electrons. The van der Waals surface area contributed by atoms with Gasteiger partial charge in [-0.15, -0.1) is 34.2 Å². The largest absolute Gasteiger partial charge is 0.493 e. The molecule has 0 saturated heterocycles. The van der Waals surface area contributed by atoms with Crippen molar-refractivity contribution < 1.29 is 4.74 Å². The van der Waals surface area contributed by atoms with E-state index in [0.717, 1.165) is 41.9 Å². The molecule has 2 N–H and O–H groups in total. The fourth-order valence-corrected chi connectivity index (χ4v) is 2.41. The van der Waals surface area contributed by atoms with Crippen LogP contribution < -0.4 is 15.4 Å². The van der Waals surface area contributed by atoms with Crippen LogP contribution in [0.15, 0.2) is 23.2 Å². The molecule has 0 bridgehead atoms. The second kappa shape index (κ2) is 11.8. The van der Waals surface area contributed by atoms with Crippen molar-refractivity contribution in [1.82, 2.24) is 25.4 Å². The average Bonchev–Trinajstić information content (AvgIpc) is 2.95. The zero-order chi connectivity index (χ0) is 18.9. The van der Waals surface area contributed by atoms with Gasteiger partial charge in [-0.3, -0.25) is 0 Å². The van der Waals surface area contributed by atoms with Gasteiger partial charge in [0, 0.05) is 19.2 Å². The van der Waals surface area contributed by atoms with Crippen LogP contribution >= 0.6 is 24.0 Å². The van der Waals surface area contributed by atoms with E-state index in [4.69, 9.17) is 9.73 Å². The summed E-state index contributed by atoms with van der Waals surface area (Å²) in [5.41, 5.74) is 2.27. The normalized spacial score (nSPS) is 11.1. The summed E-state index contributed by atoms with van der Waals surface area (Å²) in [5, 5.41) is 14.8. The van der Waals surface area contributed by atoms with Crippen LogP contribution in [-0.2, 0) is 20.1 Å². The van der Waals surface area contributed by atoms with Gasteiger partial charge in [0.15, 0.2) is 11.8 Å². The lowest BCUT2D eigenvalue weighted by Crippen LogP contribution is -2.37. The predicted molar refractivity (Wildman–Crippen MR) is 120 cm³/mol. The summed E-state index contributed by atoms with van der Waals surface area (Å²) in [6.45, 7) is 10.8. The Bertz CT molecular complexity index is 744. The number of aryl methyl sites for hydroxylation is 2. The van der Waals surface area contributed by atoms with Crippen molar-refractivity contribution in [3.63, 3.8) is 0 Å². The SMILES string of the molecule is CCCOc1cc(C)ccc1CN=C(NCC)NCc1nnc(C)n1C.I. The van der Waals surface area contributed by atoms with Crippen molar-refractivity contribution in [2.75, 3.05) is 13.2 Å². The summed E-state index contributed by atoms with van der Waals surface area (Å²) in [6, 6.07) is 6.25. The maximum atomic E-state index is 5.88. The van der Waals surface area contributed by atoms with E-state index in [9.17, 15) is 0 Å². The van der Waals surface area contributed by atoms with Gasteiger partial charge < -0.3 is 19.9 Å². The molecule has 0 aliphatic heterocycles. The first-order chi connectivity index (χ1) is 12.5. The molecule has 27 heavy (non-hydrogen) atoms. The van der Waals surface area contributed by atoms with Gasteiger partial charge in [-0.25, -0.2) is 4.99 Å². The number of nitrogens with one attached hydrogen (secondary N) is 2. The van der Waals surface area contributed by atoms with E-state index in [-0.39, 0.29) is 24.0 Å². The number of nitrogens with zero attached hydrogens (tertiary/aromatic N) is 4. The molecule has 0 fully saturated rings. The minimum absolute atomic E-state index is 0. The molecule has 8 heteroatoms. The number of halogens is 1. The number of benzene rings is 1. The minimum atomic E-state index is 0. The second-order valence-corrected chi connectivity index (χ2v) is 6.23. The topological polar surface area (TPSA) is 76.4 Å². The third-order valence-electron chi connectivity index (χ3n) is 4.03. The highest BCUT2D eigenvalue weighted by molar-refractivity contribution is 14.0. The summed E-state index contributed by atoms with van der Waals surface area (Å²) >= 11 is 0. The summed E-state index contributed by atoms with van der Waals surface area (Å²) in [5.74, 6) is 3.42. The smallest absolute Gasteiger partial charge is 0.191 e. The van der Waals surface area contributed by atoms with E-state index in [0.29, 0.717) is 19.7 Å². The minimum Gasteiger partial charge on any atom is -0.493 e. The maximum Gasteiger partial charge on any atom is 0.191 e. The van der Waals surface area contributed by atoms with E-state index in [1.807, 2.05) is 25.5 Å². The van der Waals surface area contributed by atoms with Gasteiger partial charge in [0.05, 0.1) is 19.7 Å². The quantitative estimate of drug-likeness (QED) is 0.341. The van der Waals surface area contributed by atoms with E-state index in [1.165, 1.54) is 5.56 Å². The number of rotatable bonds is 8. The zero-order valence-electron chi connectivity index (χ0n) is 16.9. The molecule has 2 rings (SSSR count). The van der Waals surface area contributed by atoms with Crippen molar-refractivity contribution >= 4 is 29.9 Å². The van der Waals surface area contributed by atoms with Crippen molar-refractivity contribution in [3.8, 4) is 5.75 Å². The lowest BCUT2D eigenvalue weighted by Gasteiger charge is -2.13. The molecule has 0 aliphatic carbocycles. The number of aromatic nitrogens is 3. The number of hydrogen-bond acceptors (Lipinski definition) is 4. The van der Waals surface area contributed by atoms with Gasteiger partial charge >= 0.3 is 0 Å². The molecule has 2 aromatic rings. The number of aliphatic imine (C=N–C) groups is 1. The second-order valence-electron chi connectivity index (χ2n) is 6.23. The predicted octanol–water partition coefficient (Wildman–Crippen LogP) is 3.09. The summed E-state index contributed by atoms with van der Waals surface area (Å²) in [7, 11) is 1.96. The van der Waals surface area contributed by atoms with Crippen LogP contribution in [0.25, 0.3) is 0 Å². The molecule has 0 spiro atoms. The van der Waals surface area contributed by atoms with Crippen molar-refractivity contribution in [1.29, 1.82) is 0 Å². The molecule has 1 heterocycles. The average molecular weight is 486 g/mol.